The molecule has 0 spiro atoms. The number of hydrogen-bond acceptors (Lipinski definition) is 2. The van der Waals surface area contributed by atoms with Gasteiger partial charge in [-0.1, -0.05) is 64.6 Å². The minimum atomic E-state index is -1.85. The number of ether oxygens (including phenoxy) is 1. The van der Waals surface area contributed by atoms with Crippen molar-refractivity contribution in [1.82, 2.24) is 5.32 Å². The van der Waals surface area contributed by atoms with E-state index in [1.807, 2.05) is 19.1 Å². The van der Waals surface area contributed by atoms with Crippen molar-refractivity contribution in [2.45, 2.75) is 16.9 Å². The van der Waals surface area contributed by atoms with Gasteiger partial charge in [-0.05, 0) is 42.8 Å². The predicted octanol–water partition coefficient (Wildman–Crippen LogP) is 5.15. The summed E-state index contributed by atoms with van der Waals surface area (Å²) in [4.78, 5) is 12.4. The lowest BCUT2D eigenvalue weighted by atomic mass is 10.1. The number of hydrogen-bond donors (Lipinski definition) is 1. The summed E-state index contributed by atoms with van der Waals surface area (Å²) >= 11 is 23.6. The molecular formula is C16H13Cl4NO2. The van der Waals surface area contributed by atoms with Crippen molar-refractivity contribution in [1.29, 1.82) is 0 Å². The zero-order valence-electron chi connectivity index (χ0n) is 12.0. The molecule has 2 rings (SSSR count). The topological polar surface area (TPSA) is 38.3 Å². The number of aryl methyl sites for hydroxylation is 1. The molecule has 23 heavy (non-hydrogen) atoms. The SMILES string of the molecule is Cc1ccccc1C(=O)NC(Oc1ccc(Cl)cc1)C(Cl)(Cl)Cl. The van der Waals surface area contributed by atoms with E-state index >= 15 is 0 Å². The van der Waals surface area contributed by atoms with E-state index in [-0.39, 0.29) is 0 Å². The molecule has 0 saturated heterocycles. The van der Waals surface area contributed by atoms with Crippen LogP contribution < -0.4 is 10.1 Å². The molecule has 2 aromatic rings. The monoisotopic (exact) mass is 391 g/mol. The fourth-order valence-corrected chi connectivity index (χ4v) is 2.28. The van der Waals surface area contributed by atoms with Crippen LogP contribution >= 0.6 is 46.4 Å². The molecule has 1 N–H and O–H groups in total. The minimum absolute atomic E-state index is 0.395. The Balaban J connectivity index is 2.18. The normalized spacial score (nSPS) is 12.6. The van der Waals surface area contributed by atoms with Crippen LogP contribution in [0.15, 0.2) is 48.5 Å². The lowest BCUT2D eigenvalue weighted by molar-refractivity contribution is 0.0832. The van der Waals surface area contributed by atoms with Crippen molar-refractivity contribution < 1.29 is 9.53 Å². The standard InChI is InChI=1S/C16H13Cl4NO2/c1-10-4-2-3-5-13(10)14(22)21-15(16(18,19)20)23-12-8-6-11(17)7-9-12/h2-9,15H,1H3,(H,21,22). The zero-order valence-corrected chi connectivity index (χ0v) is 15.0. The van der Waals surface area contributed by atoms with Crippen LogP contribution in [-0.2, 0) is 0 Å². The Hall–Kier alpha value is -1.13. The molecule has 0 fully saturated rings. The number of alkyl halides is 3. The van der Waals surface area contributed by atoms with Crippen molar-refractivity contribution in [2.75, 3.05) is 0 Å². The van der Waals surface area contributed by atoms with Gasteiger partial charge in [0.2, 0.25) is 10.0 Å². The third-order valence-corrected chi connectivity index (χ3v) is 3.86. The molecule has 0 heterocycles. The van der Waals surface area contributed by atoms with Gasteiger partial charge in [0.1, 0.15) is 5.75 Å². The first-order valence-electron chi connectivity index (χ1n) is 6.63. The van der Waals surface area contributed by atoms with Gasteiger partial charge in [0.15, 0.2) is 0 Å². The smallest absolute Gasteiger partial charge is 0.254 e. The molecule has 0 aliphatic rings. The number of rotatable bonds is 4. The van der Waals surface area contributed by atoms with Crippen LogP contribution in [0.5, 0.6) is 5.75 Å². The maximum absolute atomic E-state index is 12.4. The lowest BCUT2D eigenvalue weighted by Crippen LogP contribution is -2.48. The van der Waals surface area contributed by atoms with Crippen LogP contribution in [0.25, 0.3) is 0 Å². The first kappa shape index (κ1) is 18.2. The van der Waals surface area contributed by atoms with Crippen LogP contribution in [0.1, 0.15) is 15.9 Å². The molecule has 3 nitrogen and oxygen atoms in total. The predicted molar refractivity (Wildman–Crippen MR) is 94.8 cm³/mol. The van der Waals surface area contributed by atoms with Gasteiger partial charge >= 0.3 is 0 Å². The van der Waals surface area contributed by atoms with Gasteiger partial charge in [-0.3, -0.25) is 4.79 Å². The Bertz CT molecular complexity index is 683. The van der Waals surface area contributed by atoms with E-state index in [0.29, 0.717) is 16.3 Å². The molecule has 0 aliphatic heterocycles. The van der Waals surface area contributed by atoms with Crippen LogP contribution in [0.2, 0.25) is 5.02 Å². The van der Waals surface area contributed by atoms with Crippen LogP contribution in [0, 0.1) is 6.92 Å². The summed E-state index contributed by atoms with van der Waals surface area (Å²) in [6, 6.07) is 13.6. The van der Waals surface area contributed by atoms with E-state index in [1.54, 1.807) is 36.4 Å². The maximum atomic E-state index is 12.4. The molecule has 0 radical (unpaired) electrons. The first-order valence-corrected chi connectivity index (χ1v) is 8.14. The number of benzene rings is 2. The zero-order chi connectivity index (χ0) is 17.0. The second-order valence-corrected chi connectivity index (χ2v) is 7.59. The number of carbonyl (C=O) groups is 1. The molecule has 1 unspecified atom stereocenters. The summed E-state index contributed by atoms with van der Waals surface area (Å²) in [6.45, 7) is 1.82. The van der Waals surface area contributed by atoms with E-state index in [2.05, 4.69) is 5.32 Å². The van der Waals surface area contributed by atoms with Crippen molar-refractivity contribution in [3.8, 4) is 5.75 Å². The van der Waals surface area contributed by atoms with E-state index in [0.717, 1.165) is 5.56 Å². The highest BCUT2D eigenvalue weighted by Crippen LogP contribution is 2.32. The summed E-state index contributed by atoms with van der Waals surface area (Å²) in [5, 5.41) is 3.14. The Morgan fingerprint density at radius 1 is 1.09 bits per heavy atom. The van der Waals surface area contributed by atoms with Crippen LogP contribution in [0.4, 0.5) is 0 Å². The Morgan fingerprint density at radius 2 is 1.70 bits per heavy atom. The highest BCUT2D eigenvalue weighted by molar-refractivity contribution is 6.68. The minimum Gasteiger partial charge on any atom is -0.466 e. The van der Waals surface area contributed by atoms with Gasteiger partial charge in [0.05, 0.1) is 0 Å². The van der Waals surface area contributed by atoms with Gasteiger partial charge in [-0.2, -0.15) is 0 Å². The van der Waals surface area contributed by atoms with Crippen molar-refractivity contribution in [2.24, 2.45) is 0 Å². The molecule has 7 heteroatoms. The summed E-state index contributed by atoms with van der Waals surface area (Å²) in [5.74, 6) is 0.0178. The molecule has 0 bridgehead atoms. The molecular weight excluding hydrogens is 380 g/mol. The number of amides is 1. The first-order chi connectivity index (χ1) is 10.8. The molecule has 0 saturated carbocycles. The third kappa shape index (κ3) is 5.18. The number of carbonyl (C=O) groups excluding carboxylic acids is 1. The fraction of sp³-hybridized carbons (Fsp3) is 0.188. The van der Waals surface area contributed by atoms with E-state index in [4.69, 9.17) is 51.1 Å². The van der Waals surface area contributed by atoms with Gasteiger partial charge in [-0.25, -0.2) is 0 Å². The number of nitrogens with one attached hydrogen (secondary N) is 1. The lowest BCUT2D eigenvalue weighted by Gasteiger charge is -2.26. The van der Waals surface area contributed by atoms with Crippen LogP contribution in [0.3, 0.4) is 0 Å². The fourth-order valence-electron chi connectivity index (χ4n) is 1.85. The highest BCUT2D eigenvalue weighted by atomic mass is 35.6. The second-order valence-electron chi connectivity index (χ2n) is 4.78. The molecule has 1 amide bonds. The Morgan fingerprint density at radius 3 is 2.26 bits per heavy atom. The number of halogens is 4. The third-order valence-electron chi connectivity index (χ3n) is 3.02. The van der Waals surface area contributed by atoms with Gasteiger partial charge in [0.25, 0.3) is 5.91 Å². The largest absolute Gasteiger partial charge is 0.466 e. The quantitative estimate of drug-likeness (QED) is 0.576. The summed E-state index contributed by atoms with van der Waals surface area (Å²) in [5.41, 5.74) is 1.28. The van der Waals surface area contributed by atoms with E-state index < -0.39 is 15.9 Å². The summed E-state index contributed by atoms with van der Waals surface area (Å²) < 4.78 is 3.73. The molecule has 0 aliphatic carbocycles. The van der Waals surface area contributed by atoms with Gasteiger partial charge in [0, 0.05) is 10.6 Å². The average molecular weight is 393 g/mol. The van der Waals surface area contributed by atoms with Gasteiger partial charge < -0.3 is 10.1 Å². The summed E-state index contributed by atoms with van der Waals surface area (Å²) in [7, 11) is 0. The molecule has 2 aromatic carbocycles. The second kappa shape index (κ2) is 7.63. The van der Waals surface area contributed by atoms with Gasteiger partial charge in [-0.15, -0.1) is 0 Å². The molecule has 0 aromatic heterocycles. The maximum Gasteiger partial charge on any atom is 0.254 e. The molecule has 122 valence electrons. The van der Waals surface area contributed by atoms with E-state index in [1.165, 1.54) is 0 Å². The highest BCUT2D eigenvalue weighted by Gasteiger charge is 2.36. The van der Waals surface area contributed by atoms with Crippen molar-refractivity contribution in [3.05, 3.63) is 64.7 Å². The van der Waals surface area contributed by atoms with Crippen LogP contribution in [-0.4, -0.2) is 15.9 Å². The molecule has 1 atom stereocenters. The Kier molecular flexibility index (Phi) is 6.04. The van der Waals surface area contributed by atoms with Crippen molar-refractivity contribution >= 4 is 52.3 Å². The summed E-state index contributed by atoms with van der Waals surface area (Å²) in [6.07, 6.45) is -1.17. The van der Waals surface area contributed by atoms with E-state index in [9.17, 15) is 4.79 Å². The van der Waals surface area contributed by atoms with Crippen molar-refractivity contribution in [3.63, 3.8) is 0 Å². The Labute approximate surface area is 154 Å². The average Bonchev–Trinajstić information content (AvgIpc) is 2.48.